The Hall–Kier alpha value is -1.94. The third kappa shape index (κ3) is 2.55. The number of ether oxygens (including phenoxy) is 1. The summed E-state index contributed by atoms with van der Waals surface area (Å²) in [6, 6.07) is 7.64. The minimum atomic E-state index is 0.502. The molecule has 4 heteroatoms. The molecule has 2 rings (SSSR count). The van der Waals surface area contributed by atoms with E-state index in [9.17, 15) is 0 Å². The van der Waals surface area contributed by atoms with Gasteiger partial charge in [0.05, 0.1) is 12.4 Å². The van der Waals surface area contributed by atoms with Gasteiger partial charge in [-0.15, -0.1) is 0 Å². The second-order valence-electron chi connectivity index (χ2n) is 3.42. The fourth-order valence-corrected chi connectivity index (χ4v) is 1.31. The van der Waals surface area contributed by atoms with E-state index in [0.717, 1.165) is 17.1 Å². The summed E-state index contributed by atoms with van der Waals surface area (Å²) in [5.41, 5.74) is 6.58. The van der Waals surface area contributed by atoms with Crippen molar-refractivity contribution in [1.29, 1.82) is 0 Å². The third-order valence-corrected chi connectivity index (χ3v) is 2.13. The number of nitrogens with zero attached hydrogens (tertiary/aromatic N) is 2. The first-order valence-corrected chi connectivity index (χ1v) is 5.03. The van der Waals surface area contributed by atoms with Gasteiger partial charge in [-0.1, -0.05) is 12.1 Å². The lowest BCUT2D eigenvalue weighted by molar-refractivity contribution is 0.476. The Morgan fingerprint density at radius 2 is 1.94 bits per heavy atom. The summed E-state index contributed by atoms with van der Waals surface area (Å²) in [7, 11) is 0. The molecule has 2 N–H and O–H groups in total. The Balaban J connectivity index is 2.16. The van der Waals surface area contributed by atoms with Crippen LogP contribution in [0.15, 0.2) is 36.7 Å². The number of nitrogens with two attached hydrogens (primary N) is 1. The molecule has 2 aromatic rings. The van der Waals surface area contributed by atoms with Crippen molar-refractivity contribution < 1.29 is 4.74 Å². The van der Waals surface area contributed by atoms with Gasteiger partial charge in [0.25, 0.3) is 0 Å². The first-order chi connectivity index (χ1) is 7.78. The van der Waals surface area contributed by atoms with Gasteiger partial charge >= 0.3 is 0 Å². The molecule has 0 saturated heterocycles. The second kappa shape index (κ2) is 4.72. The van der Waals surface area contributed by atoms with Gasteiger partial charge in [-0.2, -0.15) is 0 Å². The Bertz CT molecular complexity index is 468. The van der Waals surface area contributed by atoms with Crippen LogP contribution in [0.5, 0.6) is 11.5 Å². The molecule has 0 saturated carbocycles. The molecule has 0 spiro atoms. The summed E-state index contributed by atoms with van der Waals surface area (Å²) >= 11 is 0. The zero-order valence-electron chi connectivity index (χ0n) is 9.05. The van der Waals surface area contributed by atoms with Crippen LogP contribution in [0, 0.1) is 6.92 Å². The van der Waals surface area contributed by atoms with Crippen molar-refractivity contribution in [3.05, 3.63) is 48.0 Å². The number of aromatic nitrogens is 2. The lowest BCUT2D eigenvalue weighted by Gasteiger charge is -2.06. The highest BCUT2D eigenvalue weighted by atomic mass is 16.5. The smallest absolute Gasteiger partial charge is 0.164 e. The molecule has 1 aromatic carbocycles. The first-order valence-electron chi connectivity index (χ1n) is 5.03. The molecule has 0 amide bonds. The molecule has 0 aliphatic heterocycles. The number of hydrogen-bond donors (Lipinski definition) is 1. The lowest BCUT2D eigenvalue weighted by atomic mass is 10.2. The molecule has 1 aromatic heterocycles. The summed E-state index contributed by atoms with van der Waals surface area (Å²) in [5.74, 6) is 2.10. The predicted molar refractivity (Wildman–Crippen MR) is 61.2 cm³/mol. The quantitative estimate of drug-likeness (QED) is 0.851. The molecule has 0 atom stereocenters. The first kappa shape index (κ1) is 10.6. The maximum absolute atomic E-state index is 5.60. The average molecular weight is 215 g/mol. The lowest BCUT2D eigenvalue weighted by Crippen LogP contribution is -1.96. The molecule has 0 unspecified atom stereocenters. The zero-order valence-corrected chi connectivity index (χ0v) is 9.05. The number of hydrogen-bond acceptors (Lipinski definition) is 4. The molecule has 0 aliphatic carbocycles. The topological polar surface area (TPSA) is 61.0 Å². The maximum Gasteiger partial charge on any atom is 0.164 e. The van der Waals surface area contributed by atoms with Gasteiger partial charge in [0.15, 0.2) is 5.75 Å². The molecule has 0 bridgehead atoms. The van der Waals surface area contributed by atoms with E-state index >= 15 is 0 Å². The fourth-order valence-electron chi connectivity index (χ4n) is 1.31. The minimum Gasteiger partial charge on any atom is -0.454 e. The van der Waals surface area contributed by atoms with Crippen molar-refractivity contribution in [3.63, 3.8) is 0 Å². The second-order valence-corrected chi connectivity index (χ2v) is 3.42. The monoisotopic (exact) mass is 215 g/mol. The molecule has 0 radical (unpaired) electrons. The summed E-state index contributed by atoms with van der Waals surface area (Å²) in [4.78, 5) is 8.11. The van der Waals surface area contributed by atoms with Crippen LogP contribution in [0.25, 0.3) is 0 Å². The van der Waals surface area contributed by atoms with Crippen LogP contribution in [-0.4, -0.2) is 9.97 Å². The highest BCUT2D eigenvalue weighted by molar-refractivity contribution is 5.32. The summed E-state index contributed by atoms with van der Waals surface area (Å²) in [5, 5.41) is 0. The SMILES string of the molecule is Cc1ncc(Oc2cccc(CN)c2)cn1. The minimum absolute atomic E-state index is 0.502. The number of benzene rings is 1. The van der Waals surface area contributed by atoms with E-state index in [0.29, 0.717) is 12.3 Å². The average Bonchev–Trinajstić information content (AvgIpc) is 2.32. The molecule has 16 heavy (non-hydrogen) atoms. The van der Waals surface area contributed by atoms with Crippen LogP contribution < -0.4 is 10.5 Å². The van der Waals surface area contributed by atoms with Crippen molar-refractivity contribution in [1.82, 2.24) is 9.97 Å². The van der Waals surface area contributed by atoms with Crippen molar-refractivity contribution in [2.24, 2.45) is 5.73 Å². The van der Waals surface area contributed by atoms with Gasteiger partial charge in [-0.05, 0) is 24.6 Å². The molecular weight excluding hydrogens is 202 g/mol. The molecular formula is C12H13N3O. The predicted octanol–water partition coefficient (Wildman–Crippen LogP) is 2.04. The Kier molecular flexibility index (Phi) is 3.12. The fraction of sp³-hybridized carbons (Fsp3) is 0.167. The largest absolute Gasteiger partial charge is 0.454 e. The standard InChI is InChI=1S/C12H13N3O/c1-9-14-7-12(8-15-9)16-11-4-2-3-10(5-11)6-13/h2-5,7-8H,6,13H2,1H3. The number of aryl methyl sites for hydroxylation is 1. The molecule has 4 nitrogen and oxygen atoms in total. The van der Waals surface area contributed by atoms with Gasteiger partial charge in [0, 0.05) is 6.54 Å². The van der Waals surface area contributed by atoms with Crippen molar-refractivity contribution in [2.75, 3.05) is 0 Å². The van der Waals surface area contributed by atoms with E-state index in [-0.39, 0.29) is 0 Å². The normalized spacial score (nSPS) is 10.1. The van der Waals surface area contributed by atoms with E-state index in [1.54, 1.807) is 12.4 Å². The van der Waals surface area contributed by atoms with Gasteiger partial charge in [-0.3, -0.25) is 0 Å². The van der Waals surface area contributed by atoms with Crippen LogP contribution in [0.2, 0.25) is 0 Å². The Labute approximate surface area is 94.1 Å². The molecule has 1 heterocycles. The third-order valence-electron chi connectivity index (χ3n) is 2.13. The molecule has 0 fully saturated rings. The van der Waals surface area contributed by atoms with Gasteiger partial charge in [-0.25, -0.2) is 9.97 Å². The van der Waals surface area contributed by atoms with Crippen LogP contribution in [0.1, 0.15) is 11.4 Å². The molecule has 82 valence electrons. The Morgan fingerprint density at radius 1 is 1.19 bits per heavy atom. The van der Waals surface area contributed by atoms with Gasteiger partial charge in [0.1, 0.15) is 11.6 Å². The van der Waals surface area contributed by atoms with Crippen LogP contribution in [-0.2, 0) is 6.54 Å². The summed E-state index contributed by atoms with van der Waals surface area (Å²) in [6.45, 7) is 2.33. The van der Waals surface area contributed by atoms with Crippen LogP contribution in [0.3, 0.4) is 0 Å². The highest BCUT2D eigenvalue weighted by Gasteiger charge is 1.99. The van der Waals surface area contributed by atoms with E-state index in [2.05, 4.69) is 9.97 Å². The van der Waals surface area contributed by atoms with Crippen LogP contribution >= 0.6 is 0 Å². The maximum atomic E-state index is 5.60. The summed E-state index contributed by atoms with van der Waals surface area (Å²) < 4.78 is 5.60. The number of rotatable bonds is 3. The summed E-state index contributed by atoms with van der Waals surface area (Å²) in [6.07, 6.45) is 3.30. The van der Waals surface area contributed by atoms with Gasteiger partial charge < -0.3 is 10.5 Å². The zero-order chi connectivity index (χ0) is 11.4. The van der Waals surface area contributed by atoms with Crippen molar-refractivity contribution in [3.8, 4) is 11.5 Å². The van der Waals surface area contributed by atoms with Crippen LogP contribution in [0.4, 0.5) is 0 Å². The van der Waals surface area contributed by atoms with Gasteiger partial charge in [0.2, 0.25) is 0 Å². The van der Waals surface area contributed by atoms with Crippen molar-refractivity contribution >= 4 is 0 Å². The van der Waals surface area contributed by atoms with E-state index in [1.807, 2.05) is 31.2 Å². The highest BCUT2D eigenvalue weighted by Crippen LogP contribution is 2.20. The van der Waals surface area contributed by atoms with E-state index < -0.39 is 0 Å². The molecule has 0 aliphatic rings. The van der Waals surface area contributed by atoms with E-state index in [1.165, 1.54) is 0 Å². The van der Waals surface area contributed by atoms with E-state index in [4.69, 9.17) is 10.5 Å². The van der Waals surface area contributed by atoms with Crippen molar-refractivity contribution in [2.45, 2.75) is 13.5 Å². The Morgan fingerprint density at radius 3 is 2.62 bits per heavy atom.